The van der Waals surface area contributed by atoms with Gasteiger partial charge in [0.25, 0.3) is 11.8 Å². The molecule has 2 aromatic rings. The molecule has 2 aromatic carbocycles. The van der Waals surface area contributed by atoms with Gasteiger partial charge in [-0.25, -0.2) is 0 Å². The van der Waals surface area contributed by atoms with Crippen LogP contribution in [0.2, 0.25) is 0 Å². The van der Waals surface area contributed by atoms with E-state index in [4.69, 9.17) is 4.74 Å². The standard InChI is InChI=1S/C17H18N2O3/c1-2-13-8-10-15(11-9-13)22-12-16(20)18-19-17(21)14-6-4-3-5-7-14/h3-11H,2,12H2,1H3,(H,18,20)(H,19,21). The van der Waals surface area contributed by atoms with Crippen molar-refractivity contribution < 1.29 is 14.3 Å². The largest absolute Gasteiger partial charge is 0.484 e. The lowest BCUT2D eigenvalue weighted by atomic mass is 10.2. The molecule has 0 aromatic heterocycles. The third-order valence-electron chi connectivity index (χ3n) is 3.05. The Kier molecular flexibility index (Phi) is 5.54. The molecule has 5 heteroatoms. The molecule has 0 fully saturated rings. The van der Waals surface area contributed by atoms with Crippen LogP contribution in [-0.2, 0) is 11.2 Å². The molecule has 0 saturated heterocycles. The molecule has 0 atom stereocenters. The van der Waals surface area contributed by atoms with Crippen molar-refractivity contribution in [3.05, 3.63) is 65.7 Å². The van der Waals surface area contributed by atoms with Gasteiger partial charge in [-0.15, -0.1) is 0 Å². The third-order valence-corrected chi connectivity index (χ3v) is 3.05. The number of carbonyl (C=O) groups excluding carboxylic acids is 2. The molecule has 5 nitrogen and oxygen atoms in total. The van der Waals surface area contributed by atoms with Crippen LogP contribution >= 0.6 is 0 Å². The van der Waals surface area contributed by atoms with E-state index in [1.807, 2.05) is 30.3 Å². The number of nitrogens with one attached hydrogen (secondary N) is 2. The molecule has 0 heterocycles. The van der Waals surface area contributed by atoms with Crippen LogP contribution in [0.1, 0.15) is 22.8 Å². The quantitative estimate of drug-likeness (QED) is 0.831. The first kappa shape index (κ1) is 15.6. The SMILES string of the molecule is CCc1ccc(OCC(=O)NNC(=O)c2ccccc2)cc1. The molecule has 0 spiro atoms. The molecule has 0 bridgehead atoms. The summed E-state index contributed by atoms with van der Waals surface area (Å²) in [7, 11) is 0. The monoisotopic (exact) mass is 298 g/mol. The highest BCUT2D eigenvalue weighted by Crippen LogP contribution is 2.12. The Morgan fingerprint density at radius 1 is 0.955 bits per heavy atom. The van der Waals surface area contributed by atoms with Crippen LogP contribution in [-0.4, -0.2) is 18.4 Å². The maximum atomic E-state index is 11.7. The minimum Gasteiger partial charge on any atom is -0.484 e. The van der Waals surface area contributed by atoms with Gasteiger partial charge in [-0.1, -0.05) is 37.3 Å². The van der Waals surface area contributed by atoms with E-state index >= 15 is 0 Å². The van der Waals surface area contributed by atoms with Crippen molar-refractivity contribution in [2.75, 3.05) is 6.61 Å². The molecular weight excluding hydrogens is 280 g/mol. The van der Waals surface area contributed by atoms with Gasteiger partial charge < -0.3 is 4.74 Å². The minimum atomic E-state index is -0.427. The summed E-state index contributed by atoms with van der Waals surface area (Å²) in [6.45, 7) is 1.90. The summed E-state index contributed by atoms with van der Waals surface area (Å²) < 4.78 is 5.34. The first-order valence-corrected chi connectivity index (χ1v) is 7.05. The summed E-state index contributed by atoms with van der Waals surface area (Å²) in [5, 5.41) is 0. The van der Waals surface area contributed by atoms with Crippen LogP contribution in [0.4, 0.5) is 0 Å². The topological polar surface area (TPSA) is 67.4 Å². The highest BCUT2D eigenvalue weighted by molar-refractivity contribution is 5.95. The summed E-state index contributed by atoms with van der Waals surface area (Å²) in [6, 6.07) is 16.2. The van der Waals surface area contributed by atoms with E-state index in [9.17, 15) is 9.59 Å². The molecule has 0 radical (unpaired) electrons. The van der Waals surface area contributed by atoms with Crippen LogP contribution in [0.25, 0.3) is 0 Å². The molecule has 0 unspecified atom stereocenters. The first-order valence-electron chi connectivity index (χ1n) is 7.05. The maximum absolute atomic E-state index is 11.7. The summed E-state index contributed by atoms with van der Waals surface area (Å²) in [4.78, 5) is 23.4. The highest BCUT2D eigenvalue weighted by Gasteiger charge is 2.07. The van der Waals surface area contributed by atoms with Crippen LogP contribution in [0.3, 0.4) is 0 Å². The highest BCUT2D eigenvalue weighted by atomic mass is 16.5. The molecule has 114 valence electrons. The Morgan fingerprint density at radius 3 is 2.27 bits per heavy atom. The number of carbonyl (C=O) groups is 2. The van der Waals surface area contributed by atoms with E-state index in [0.29, 0.717) is 11.3 Å². The number of hydrogen-bond acceptors (Lipinski definition) is 3. The van der Waals surface area contributed by atoms with Crippen molar-refractivity contribution in [3.63, 3.8) is 0 Å². The number of benzene rings is 2. The summed E-state index contributed by atoms with van der Waals surface area (Å²) in [5.41, 5.74) is 6.32. The van der Waals surface area contributed by atoms with Gasteiger partial charge in [-0.2, -0.15) is 0 Å². The minimum absolute atomic E-state index is 0.166. The fourth-order valence-corrected chi connectivity index (χ4v) is 1.79. The molecule has 0 aliphatic rings. The van der Waals surface area contributed by atoms with Crippen LogP contribution in [0, 0.1) is 0 Å². The Morgan fingerprint density at radius 2 is 1.64 bits per heavy atom. The second-order valence-corrected chi connectivity index (χ2v) is 4.65. The van der Waals surface area contributed by atoms with Gasteiger partial charge in [-0.3, -0.25) is 20.4 Å². The van der Waals surface area contributed by atoms with Gasteiger partial charge in [0.05, 0.1) is 0 Å². The second kappa shape index (κ2) is 7.83. The van der Waals surface area contributed by atoms with Crippen LogP contribution in [0.15, 0.2) is 54.6 Å². The van der Waals surface area contributed by atoms with Crippen molar-refractivity contribution in [1.29, 1.82) is 0 Å². The lowest BCUT2D eigenvalue weighted by Crippen LogP contribution is -2.43. The second-order valence-electron chi connectivity index (χ2n) is 4.65. The number of rotatable bonds is 5. The average molecular weight is 298 g/mol. The molecule has 0 saturated carbocycles. The zero-order valence-electron chi connectivity index (χ0n) is 12.3. The molecular formula is C17H18N2O3. The lowest BCUT2D eigenvalue weighted by Gasteiger charge is -2.09. The summed E-state index contributed by atoms with van der Waals surface area (Å²) in [5.74, 6) is -0.188. The Hall–Kier alpha value is -2.82. The van der Waals surface area contributed by atoms with Gasteiger partial charge in [0.1, 0.15) is 5.75 Å². The summed E-state index contributed by atoms with van der Waals surface area (Å²) >= 11 is 0. The maximum Gasteiger partial charge on any atom is 0.276 e. The van der Waals surface area contributed by atoms with Crippen LogP contribution < -0.4 is 15.6 Å². The van der Waals surface area contributed by atoms with Crippen molar-refractivity contribution in [2.24, 2.45) is 0 Å². The molecule has 0 aliphatic heterocycles. The molecule has 0 aliphatic carbocycles. The van der Waals surface area contributed by atoms with Gasteiger partial charge in [-0.05, 0) is 36.2 Å². The number of ether oxygens (including phenoxy) is 1. The first-order chi connectivity index (χ1) is 10.7. The van der Waals surface area contributed by atoms with Gasteiger partial charge in [0.2, 0.25) is 0 Å². The van der Waals surface area contributed by atoms with Gasteiger partial charge >= 0.3 is 0 Å². The van der Waals surface area contributed by atoms with Gasteiger partial charge in [0.15, 0.2) is 6.61 Å². The number of hydrogen-bond donors (Lipinski definition) is 2. The van der Waals surface area contributed by atoms with Gasteiger partial charge in [0, 0.05) is 5.56 Å². The van der Waals surface area contributed by atoms with E-state index in [-0.39, 0.29) is 12.5 Å². The van der Waals surface area contributed by atoms with E-state index < -0.39 is 5.91 Å². The third kappa shape index (κ3) is 4.63. The van der Waals surface area contributed by atoms with E-state index in [1.165, 1.54) is 5.56 Å². The van der Waals surface area contributed by atoms with E-state index in [2.05, 4.69) is 17.8 Å². The Bertz CT molecular complexity index is 624. The number of amides is 2. The number of hydrazine groups is 1. The normalized spacial score (nSPS) is 9.86. The molecule has 2 rings (SSSR count). The van der Waals surface area contributed by atoms with Crippen molar-refractivity contribution in [3.8, 4) is 5.75 Å². The molecule has 22 heavy (non-hydrogen) atoms. The fourth-order valence-electron chi connectivity index (χ4n) is 1.79. The zero-order chi connectivity index (χ0) is 15.8. The van der Waals surface area contributed by atoms with Crippen molar-refractivity contribution in [2.45, 2.75) is 13.3 Å². The number of aryl methyl sites for hydroxylation is 1. The molecule has 2 N–H and O–H groups in total. The Balaban J connectivity index is 1.74. The predicted octanol–water partition coefficient (Wildman–Crippen LogP) is 2.09. The van der Waals surface area contributed by atoms with Crippen molar-refractivity contribution in [1.82, 2.24) is 10.9 Å². The smallest absolute Gasteiger partial charge is 0.276 e. The van der Waals surface area contributed by atoms with Crippen molar-refractivity contribution >= 4 is 11.8 Å². The summed E-state index contributed by atoms with van der Waals surface area (Å²) in [6.07, 6.45) is 0.951. The lowest BCUT2D eigenvalue weighted by molar-refractivity contribution is -0.123. The average Bonchev–Trinajstić information content (AvgIpc) is 2.59. The molecule has 2 amide bonds. The van der Waals surface area contributed by atoms with E-state index in [1.54, 1.807) is 24.3 Å². The van der Waals surface area contributed by atoms with Crippen LogP contribution in [0.5, 0.6) is 5.75 Å². The fraction of sp³-hybridized carbons (Fsp3) is 0.176. The predicted molar refractivity (Wildman–Crippen MR) is 83.4 cm³/mol. The zero-order valence-corrected chi connectivity index (χ0v) is 12.3. The van der Waals surface area contributed by atoms with E-state index in [0.717, 1.165) is 6.42 Å². The Labute approximate surface area is 129 Å².